The van der Waals surface area contributed by atoms with Crippen LogP contribution in [0.1, 0.15) is 46.9 Å². The highest BCUT2D eigenvalue weighted by Crippen LogP contribution is 2.38. The van der Waals surface area contributed by atoms with Crippen LogP contribution in [0.4, 0.5) is 28.9 Å². The molecule has 3 heterocycles. The highest BCUT2D eigenvalue weighted by atomic mass is 19.4. The molecule has 0 radical (unpaired) electrons. The Morgan fingerprint density at radius 2 is 1.91 bits per heavy atom. The molecule has 1 aliphatic carbocycles. The molecular formula is C23H22F4N6O2. The topological polar surface area (TPSA) is 85.2 Å². The van der Waals surface area contributed by atoms with Crippen molar-refractivity contribution in [3.63, 3.8) is 0 Å². The molecule has 8 nitrogen and oxygen atoms in total. The zero-order valence-corrected chi connectivity index (χ0v) is 18.7. The number of carbonyl (C=O) groups excluding carboxylic acids is 1. The lowest BCUT2D eigenvalue weighted by Gasteiger charge is -2.41. The number of carbonyl (C=O) groups is 1. The van der Waals surface area contributed by atoms with E-state index in [1.807, 2.05) is 11.0 Å². The number of hydrogen-bond donors (Lipinski definition) is 1. The first-order valence-corrected chi connectivity index (χ1v) is 11.1. The Labute approximate surface area is 197 Å². The van der Waals surface area contributed by atoms with Crippen LogP contribution in [0.2, 0.25) is 0 Å². The second-order valence-electron chi connectivity index (χ2n) is 8.81. The summed E-state index contributed by atoms with van der Waals surface area (Å²) in [5.74, 6) is -1.38. The fourth-order valence-electron chi connectivity index (χ4n) is 4.07. The smallest absolute Gasteiger partial charge is 0.416 e. The van der Waals surface area contributed by atoms with Gasteiger partial charge in [-0.05, 0) is 31.0 Å². The molecule has 1 N–H and O–H groups in total. The lowest BCUT2D eigenvalue weighted by Crippen LogP contribution is -2.54. The molecule has 2 aliphatic rings. The summed E-state index contributed by atoms with van der Waals surface area (Å²) in [4.78, 5) is 14.8. The average molecular weight is 490 g/mol. The van der Waals surface area contributed by atoms with Gasteiger partial charge in [-0.15, -0.1) is 5.10 Å². The summed E-state index contributed by atoms with van der Waals surface area (Å²) in [5.41, 5.74) is 0.888. The first kappa shape index (κ1) is 23.1. The summed E-state index contributed by atoms with van der Waals surface area (Å²) >= 11 is 0. The van der Waals surface area contributed by atoms with Crippen molar-refractivity contribution in [2.75, 3.05) is 23.3 Å². The van der Waals surface area contributed by atoms with Crippen LogP contribution >= 0.6 is 0 Å². The Morgan fingerprint density at radius 1 is 1.14 bits per heavy atom. The summed E-state index contributed by atoms with van der Waals surface area (Å²) in [7, 11) is 1.73. The van der Waals surface area contributed by atoms with Gasteiger partial charge in [0.2, 0.25) is 0 Å². The van der Waals surface area contributed by atoms with E-state index in [2.05, 4.69) is 20.6 Å². The third-order valence-electron chi connectivity index (χ3n) is 6.18. The van der Waals surface area contributed by atoms with Crippen molar-refractivity contribution < 1.29 is 27.1 Å². The van der Waals surface area contributed by atoms with E-state index in [9.17, 15) is 22.4 Å². The van der Waals surface area contributed by atoms with Crippen molar-refractivity contribution in [2.24, 2.45) is 7.05 Å². The van der Waals surface area contributed by atoms with E-state index in [0.717, 1.165) is 37.1 Å². The fourth-order valence-corrected chi connectivity index (χ4v) is 4.07. The normalized spacial score (nSPS) is 16.5. The monoisotopic (exact) mass is 490 g/mol. The van der Waals surface area contributed by atoms with Crippen molar-refractivity contribution in [1.29, 1.82) is 0 Å². The summed E-state index contributed by atoms with van der Waals surface area (Å²) in [5, 5.41) is 15.2. The zero-order valence-electron chi connectivity index (χ0n) is 18.7. The van der Waals surface area contributed by atoms with Gasteiger partial charge < -0.3 is 15.0 Å². The number of benzene rings is 1. The van der Waals surface area contributed by atoms with Crippen LogP contribution in [0.25, 0.3) is 0 Å². The molecule has 35 heavy (non-hydrogen) atoms. The van der Waals surface area contributed by atoms with Gasteiger partial charge in [0.05, 0.1) is 41.9 Å². The summed E-state index contributed by atoms with van der Waals surface area (Å²) in [6.45, 7) is 0.585. The fraction of sp³-hybridized carbons (Fsp3) is 0.391. The summed E-state index contributed by atoms with van der Waals surface area (Å²) in [6, 6.07) is 3.97. The Bertz CT molecular complexity index is 1250. The highest BCUT2D eigenvalue weighted by molar-refractivity contribution is 6.06. The van der Waals surface area contributed by atoms with Crippen LogP contribution in [-0.2, 0) is 13.2 Å². The van der Waals surface area contributed by atoms with Gasteiger partial charge in [0, 0.05) is 25.2 Å². The third-order valence-corrected chi connectivity index (χ3v) is 6.18. The van der Waals surface area contributed by atoms with Gasteiger partial charge in [0.1, 0.15) is 17.7 Å². The number of anilines is 2. The predicted octanol–water partition coefficient (Wildman–Crippen LogP) is 4.16. The molecule has 2 aromatic heterocycles. The van der Waals surface area contributed by atoms with Gasteiger partial charge in [0.25, 0.3) is 5.91 Å². The lowest BCUT2D eigenvalue weighted by atomic mass is 9.82. The largest absolute Gasteiger partial charge is 0.487 e. The summed E-state index contributed by atoms with van der Waals surface area (Å²) in [6.07, 6.45) is 1.11. The Kier molecular flexibility index (Phi) is 5.81. The van der Waals surface area contributed by atoms with Crippen molar-refractivity contribution in [3.8, 4) is 5.75 Å². The molecule has 0 unspecified atom stereocenters. The maximum Gasteiger partial charge on any atom is 0.416 e. The average Bonchev–Trinajstić information content (AvgIpc) is 3.12. The number of alkyl halides is 3. The Morgan fingerprint density at radius 3 is 2.54 bits per heavy atom. The molecule has 1 saturated carbocycles. The number of aromatic nitrogens is 4. The van der Waals surface area contributed by atoms with Gasteiger partial charge in [-0.3, -0.25) is 9.48 Å². The zero-order chi connectivity index (χ0) is 24.7. The minimum absolute atomic E-state index is 0.125. The molecule has 0 bridgehead atoms. The van der Waals surface area contributed by atoms with Gasteiger partial charge in [-0.1, -0.05) is 6.42 Å². The van der Waals surface area contributed by atoms with Crippen LogP contribution in [0, 0.1) is 5.82 Å². The quantitative estimate of drug-likeness (QED) is 0.523. The van der Waals surface area contributed by atoms with Crippen LogP contribution in [0.15, 0.2) is 36.7 Å². The molecule has 1 aliphatic heterocycles. The van der Waals surface area contributed by atoms with Crippen LogP contribution in [0.5, 0.6) is 5.75 Å². The Balaban J connectivity index is 1.33. The van der Waals surface area contributed by atoms with E-state index in [0.29, 0.717) is 30.5 Å². The second-order valence-corrected chi connectivity index (χ2v) is 8.81. The van der Waals surface area contributed by atoms with E-state index < -0.39 is 29.6 Å². The summed E-state index contributed by atoms with van der Waals surface area (Å²) < 4.78 is 59.8. The maximum absolute atomic E-state index is 13.7. The standard InChI is InChI=1S/C23H22F4N6O2/c1-32-10-16(9-28-32)29-22(34)21-20(8-19(30-31-21)13-3-2-4-13)33-11-18(12-33)35-17-6-14(23(25,26)27)5-15(24)7-17/h5-10,13,18H,2-4,11-12H2,1H3,(H,29,34). The van der Waals surface area contributed by atoms with E-state index in [4.69, 9.17) is 4.74 Å². The van der Waals surface area contributed by atoms with E-state index >= 15 is 0 Å². The Hall–Kier alpha value is -3.70. The van der Waals surface area contributed by atoms with Crippen molar-refractivity contribution >= 4 is 17.3 Å². The first-order valence-electron chi connectivity index (χ1n) is 11.1. The molecule has 0 spiro atoms. The molecule has 5 rings (SSSR count). The molecular weight excluding hydrogens is 468 g/mol. The molecule has 0 atom stereocenters. The molecule has 184 valence electrons. The van der Waals surface area contributed by atoms with Crippen LogP contribution in [-0.4, -0.2) is 45.1 Å². The first-order chi connectivity index (χ1) is 16.7. The van der Waals surface area contributed by atoms with Gasteiger partial charge in [0.15, 0.2) is 5.69 Å². The number of rotatable bonds is 6. The van der Waals surface area contributed by atoms with Crippen LogP contribution in [0.3, 0.4) is 0 Å². The second kappa shape index (κ2) is 8.82. The minimum Gasteiger partial charge on any atom is -0.487 e. The molecule has 1 amide bonds. The number of hydrogen-bond acceptors (Lipinski definition) is 6. The molecule has 1 saturated heterocycles. The highest BCUT2D eigenvalue weighted by Gasteiger charge is 2.35. The SMILES string of the molecule is Cn1cc(NC(=O)c2nnc(C3CCC3)cc2N2CC(Oc3cc(F)cc(C(F)(F)F)c3)C2)cn1. The number of aryl methyl sites for hydroxylation is 1. The van der Waals surface area contributed by atoms with Gasteiger partial charge >= 0.3 is 6.18 Å². The van der Waals surface area contributed by atoms with E-state index in [-0.39, 0.29) is 17.4 Å². The number of nitrogens with zero attached hydrogens (tertiary/aromatic N) is 5. The predicted molar refractivity (Wildman–Crippen MR) is 118 cm³/mol. The van der Waals surface area contributed by atoms with Gasteiger partial charge in [-0.25, -0.2) is 4.39 Å². The van der Waals surface area contributed by atoms with Gasteiger partial charge in [-0.2, -0.15) is 23.4 Å². The molecule has 12 heteroatoms. The van der Waals surface area contributed by atoms with Crippen molar-refractivity contribution in [1.82, 2.24) is 20.0 Å². The van der Waals surface area contributed by atoms with E-state index in [1.165, 1.54) is 6.20 Å². The number of amides is 1. The lowest BCUT2D eigenvalue weighted by molar-refractivity contribution is -0.137. The molecule has 1 aromatic carbocycles. The number of halogens is 4. The van der Waals surface area contributed by atoms with Crippen molar-refractivity contribution in [3.05, 3.63) is 59.4 Å². The number of nitrogens with one attached hydrogen (secondary N) is 1. The maximum atomic E-state index is 13.7. The molecule has 2 fully saturated rings. The van der Waals surface area contributed by atoms with E-state index in [1.54, 1.807) is 17.9 Å². The molecule has 3 aromatic rings. The number of ether oxygens (including phenoxy) is 1. The minimum atomic E-state index is -4.68. The van der Waals surface area contributed by atoms with Crippen LogP contribution < -0.4 is 15.0 Å². The third kappa shape index (κ3) is 4.91. The van der Waals surface area contributed by atoms with Crippen molar-refractivity contribution in [2.45, 2.75) is 37.5 Å².